The van der Waals surface area contributed by atoms with Crippen LogP contribution in [0.3, 0.4) is 0 Å². The minimum atomic E-state index is -0.797. The van der Waals surface area contributed by atoms with Gasteiger partial charge < -0.3 is 0 Å². The highest BCUT2D eigenvalue weighted by atomic mass is 19.2. The summed E-state index contributed by atoms with van der Waals surface area (Å²) >= 11 is 0. The molecule has 0 spiro atoms. The lowest BCUT2D eigenvalue weighted by molar-refractivity contribution is 0.511. The molecule has 1 unspecified atom stereocenters. The zero-order valence-corrected chi connectivity index (χ0v) is 14.2. The molecule has 25 heavy (non-hydrogen) atoms. The Morgan fingerprint density at radius 2 is 1.68 bits per heavy atom. The molecule has 3 aromatic carbocycles. The van der Waals surface area contributed by atoms with Crippen LogP contribution in [0.5, 0.6) is 0 Å². The third-order valence-corrected chi connectivity index (χ3v) is 5.25. The monoisotopic (exact) mass is 334 g/mol. The number of halogens is 2. The van der Waals surface area contributed by atoms with Gasteiger partial charge in [0.05, 0.1) is 0 Å². The predicted molar refractivity (Wildman–Crippen MR) is 97.7 cm³/mol. The summed E-state index contributed by atoms with van der Waals surface area (Å²) in [4.78, 5) is 0. The number of benzene rings is 3. The Balaban J connectivity index is 1.63. The zero-order valence-electron chi connectivity index (χ0n) is 14.2. The van der Waals surface area contributed by atoms with Crippen molar-refractivity contribution < 1.29 is 8.78 Å². The first-order valence-electron chi connectivity index (χ1n) is 8.74. The van der Waals surface area contributed by atoms with Gasteiger partial charge in [-0.2, -0.15) is 0 Å². The highest BCUT2D eigenvalue weighted by Crippen LogP contribution is 2.35. The smallest absolute Gasteiger partial charge is 0.166 e. The molecule has 0 nitrogen and oxygen atoms in total. The average molecular weight is 334 g/mol. The number of aryl methyl sites for hydroxylation is 2. The first-order chi connectivity index (χ1) is 12.1. The lowest BCUT2D eigenvalue weighted by Gasteiger charge is -2.25. The molecule has 0 amide bonds. The SMILES string of the molecule is Cc1ccc(C2CCc3cc(-c4cccc(F)c4F)ccc3C2)cc1. The van der Waals surface area contributed by atoms with Gasteiger partial charge in [-0.1, -0.05) is 60.2 Å². The molecule has 2 heteroatoms. The summed E-state index contributed by atoms with van der Waals surface area (Å²) in [7, 11) is 0. The van der Waals surface area contributed by atoms with Gasteiger partial charge in [-0.25, -0.2) is 8.78 Å². The quantitative estimate of drug-likeness (QED) is 0.522. The van der Waals surface area contributed by atoms with Crippen molar-refractivity contribution in [3.63, 3.8) is 0 Å². The van der Waals surface area contributed by atoms with E-state index in [4.69, 9.17) is 0 Å². The Morgan fingerprint density at radius 1 is 0.880 bits per heavy atom. The highest BCUT2D eigenvalue weighted by molar-refractivity contribution is 5.66. The second kappa shape index (κ2) is 6.44. The van der Waals surface area contributed by atoms with E-state index < -0.39 is 11.6 Å². The molecule has 0 aromatic heterocycles. The van der Waals surface area contributed by atoms with Crippen molar-refractivity contribution in [3.05, 3.63) is 94.6 Å². The molecule has 0 fully saturated rings. The third-order valence-electron chi connectivity index (χ3n) is 5.25. The fourth-order valence-corrected chi connectivity index (χ4v) is 3.77. The van der Waals surface area contributed by atoms with Crippen molar-refractivity contribution in [2.24, 2.45) is 0 Å². The Labute approximate surface area is 147 Å². The van der Waals surface area contributed by atoms with E-state index >= 15 is 0 Å². The maximum Gasteiger partial charge on any atom is 0.166 e. The summed E-state index contributed by atoms with van der Waals surface area (Å²) in [5.74, 6) is -1.03. The number of hydrogen-bond donors (Lipinski definition) is 0. The minimum absolute atomic E-state index is 0.337. The molecule has 0 aliphatic heterocycles. The van der Waals surface area contributed by atoms with E-state index in [1.165, 1.54) is 22.3 Å². The molecule has 0 saturated heterocycles. The molecule has 126 valence electrons. The average Bonchev–Trinajstić information content (AvgIpc) is 2.64. The van der Waals surface area contributed by atoms with Crippen LogP contribution in [-0.2, 0) is 12.8 Å². The van der Waals surface area contributed by atoms with Gasteiger partial charge in [-0.3, -0.25) is 0 Å². The molecule has 4 rings (SSSR count). The molecular formula is C23H20F2. The molecule has 1 aliphatic rings. The van der Waals surface area contributed by atoms with Crippen molar-refractivity contribution in [1.82, 2.24) is 0 Å². The second-order valence-corrected chi connectivity index (χ2v) is 6.94. The van der Waals surface area contributed by atoms with E-state index in [1.54, 1.807) is 12.1 Å². The molecule has 0 bridgehead atoms. The van der Waals surface area contributed by atoms with Crippen molar-refractivity contribution in [2.75, 3.05) is 0 Å². The Morgan fingerprint density at radius 3 is 2.48 bits per heavy atom. The molecular weight excluding hydrogens is 314 g/mol. The zero-order chi connectivity index (χ0) is 17.4. The summed E-state index contributed by atoms with van der Waals surface area (Å²) < 4.78 is 27.6. The number of rotatable bonds is 2. The molecule has 0 radical (unpaired) electrons. The van der Waals surface area contributed by atoms with Gasteiger partial charge in [0.15, 0.2) is 11.6 Å². The van der Waals surface area contributed by atoms with Crippen LogP contribution in [0.4, 0.5) is 8.78 Å². The number of fused-ring (bicyclic) bond motifs is 1. The molecule has 3 aromatic rings. The van der Waals surface area contributed by atoms with Crippen LogP contribution in [-0.4, -0.2) is 0 Å². The van der Waals surface area contributed by atoms with Crippen LogP contribution < -0.4 is 0 Å². The highest BCUT2D eigenvalue weighted by Gasteiger charge is 2.21. The minimum Gasteiger partial charge on any atom is -0.204 e. The van der Waals surface area contributed by atoms with Crippen molar-refractivity contribution >= 4 is 0 Å². The summed E-state index contributed by atoms with van der Waals surface area (Å²) in [6.07, 6.45) is 3.06. The van der Waals surface area contributed by atoms with E-state index in [1.807, 2.05) is 12.1 Å². The van der Waals surface area contributed by atoms with Crippen LogP contribution in [0.15, 0.2) is 60.7 Å². The summed E-state index contributed by atoms with van der Waals surface area (Å²) in [6.45, 7) is 2.10. The maximum atomic E-state index is 14.1. The lowest BCUT2D eigenvalue weighted by Crippen LogP contribution is -2.13. The Bertz CT molecular complexity index is 910. The van der Waals surface area contributed by atoms with Crippen LogP contribution in [0.1, 0.15) is 34.6 Å². The van der Waals surface area contributed by atoms with Crippen molar-refractivity contribution in [2.45, 2.75) is 32.1 Å². The second-order valence-electron chi connectivity index (χ2n) is 6.94. The summed E-state index contributed by atoms with van der Waals surface area (Å²) in [5, 5.41) is 0. The first kappa shape index (κ1) is 16.0. The van der Waals surface area contributed by atoms with Gasteiger partial charge in [0.1, 0.15) is 0 Å². The van der Waals surface area contributed by atoms with E-state index in [9.17, 15) is 8.78 Å². The molecule has 0 saturated carbocycles. The summed E-state index contributed by atoms with van der Waals surface area (Å²) in [5.41, 5.74) is 6.33. The predicted octanol–water partition coefficient (Wildman–Crippen LogP) is 6.21. The van der Waals surface area contributed by atoms with E-state index in [-0.39, 0.29) is 0 Å². The Hall–Kier alpha value is -2.48. The normalized spacial score (nSPS) is 16.5. The third kappa shape index (κ3) is 3.09. The van der Waals surface area contributed by atoms with Gasteiger partial charge in [0.25, 0.3) is 0 Å². The first-order valence-corrected chi connectivity index (χ1v) is 8.74. The van der Waals surface area contributed by atoms with Gasteiger partial charge in [0, 0.05) is 5.56 Å². The standard InChI is InChI=1S/C23H20F2/c1-15-5-7-16(8-6-15)17-9-10-19-14-20(12-11-18(19)13-17)21-3-2-4-22(24)23(21)25/h2-8,11-12,14,17H,9-10,13H2,1H3. The van der Waals surface area contributed by atoms with Gasteiger partial charge in [-0.05, 0) is 60.4 Å². The van der Waals surface area contributed by atoms with Crippen LogP contribution in [0.2, 0.25) is 0 Å². The molecule has 1 aliphatic carbocycles. The largest absolute Gasteiger partial charge is 0.204 e. The maximum absolute atomic E-state index is 14.1. The van der Waals surface area contributed by atoms with Crippen LogP contribution in [0.25, 0.3) is 11.1 Å². The van der Waals surface area contributed by atoms with Crippen molar-refractivity contribution in [1.29, 1.82) is 0 Å². The summed E-state index contributed by atoms with van der Waals surface area (Å²) in [6, 6.07) is 19.1. The van der Waals surface area contributed by atoms with Gasteiger partial charge in [-0.15, -0.1) is 0 Å². The van der Waals surface area contributed by atoms with E-state index in [2.05, 4.69) is 37.3 Å². The van der Waals surface area contributed by atoms with Crippen LogP contribution in [0, 0.1) is 18.6 Å². The fraction of sp³-hybridized carbons (Fsp3) is 0.217. The van der Waals surface area contributed by atoms with E-state index in [0.717, 1.165) is 30.9 Å². The van der Waals surface area contributed by atoms with Crippen LogP contribution >= 0.6 is 0 Å². The van der Waals surface area contributed by atoms with E-state index in [0.29, 0.717) is 11.5 Å². The molecule has 0 N–H and O–H groups in total. The Kier molecular flexibility index (Phi) is 4.12. The fourth-order valence-electron chi connectivity index (χ4n) is 3.77. The number of hydrogen-bond acceptors (Lipinski definition) is 0. The van der Waals surface area contributed by atoms with Gasteiger partial charge >= 0.3 is 0 Å². The molecule has 1 atom stereocenters. The van der Waals surface area contributed by atoms with Gasteiger partial charge in [0.2, 0.25) is 0 Å². The molecule has 0 heterocycles. The topological polar surface area (TPSA) is 0 Å². The van der Waals surface area contributed by atoms with Crippen molar-refractivity contribution in [3.8, 4) is 11.1 Å². The lowest BCUT2D eigenvalue weighted by atomic mass is 9.79.